The highest BCUT2D eigenvalue weighted by atomic mass is 19.4. The third-order valence-corrected chi connectivity index (χ3v) is 3.83. The smallest absolute Gasteiger partial charge is 0.401 e. The number of nitrogens with zero attached hydrogens (tertiary/aromatic N) is 1. The Bertz CT molecular complexity index is 464. The predicted octanol–water partition coefficient (Wildman–Crippen LogP) is 3.07. The van der Waals surface area contributed by atoms with Crippen molar-refractivity contribution < 1.29 is 18.3 Å². The molecule has 0 amide bonds. The van der Waals surface area contributed by atoms with Crippen molar-refractivity contribution in [1.29, 1.82) is 0 Å². The molecule has 1 aromatic carbocycles. The van der Waals surface area contributed by atoms with Crippen LogP contribution in [0.2, 0.25) is 0 Å². The molecule has 1 heterocycles. The Morgan fingerprint density at radius 2 is 2.10 bits per heavy atom. The Labute approximate surface area is 122 Å². The molecule has 2 N–H and O–H groups in total. The molecule has 0 saturated carbocycles. The van der Waals surface area contributed by atoms with Crippen LogP contribution in [0.5, 0.6) is 5.75 Å². The molecule has 6 heteroatoms. The lowest BCUT2D eigenvalue weighted by Crippen LogP contribution is -2.38. The molecule has 3 nitrogen and oxygen atoms in total. The minimum absolute atomic E-state index is 0.0249. The molecule has 0 unspecified atom stereocenters. The van der Waals surface area contributed by atoms with Gasteiger partial charge in [-0.2, -0.15) is 13.2 Å². The molecule has 21 heavy (non-hydrogen) atoms. The lowest BCUT2D eigenvalue weighted by molar-refractivity contribution is -0.143. The van der Waals surface area contributed by atoms with Crippen LogP contribution < -0.4 is 5.32 Å². The van der Waals surface area contributed by atoms with Crippen LogP contribution in [-0.2, 0) is 0 Å². The SMILES string of the molecule is CC[C@H](N[C@@H]1CCN(CC(F)(F)F)C1)c1ccccc1O. The highest BCUT2D eigenvalue weighted by Gasteiger charge is 2.34. The third kappa shape index (κ3) is 4.61. The number of phenolic OH excluding ortho intramolecular Hbond substituents is 1. The Balaban J connectivity index is 1.93. The molecule has 1 aliphatic heterocycles. The number of rotatable bonds is 5. The van der Waals surface area contributed by atoms with Crippen LogP contribution in [0.1, 0.15) is 31.4 Å². The van der Waals surface area contributed by atoms with Gasteiger partial charge in [-0.15, -0.1) is 0 Å². The van der Waals surface area contributed by atoms with E-state index >= 15 is 0 Å². The van der Waals surface area contributed by atoms with E-state index < -0.39 is 12.7 Å². The van der Waals surface area contributed by atoms with Gasteiger partial charge in [-0.05, 0) is 18.9 Å². The summed E-state index contributed by atoms with van der Waals surface area (Å²) in [4.78, 5) is 1.43. The van der Waals surface area contributed by atoms with E-state index in [0.717, 1.165) is 12.0 Å². The zero-order valence-corrected chi connectivity index (χ0v) is 12.0. The molecule has 0 aromatic heterocycles. The summed E-state index contributed by atoms with van der Waals surface area (Å²) in [5.74, 6) is 0.224. The van der Waals surface area contributed by atoms with Crippen molar-refractivity contribution in [2.24, 2.45) is 0 Å². The lowest BCUT2D eigenvalue weighted by atomic mass is 10.0. The number of aromatic hydroxyl groups is 1. The molecular weight excluding hydrogens is 281 g/mol. The van der Waals surface area contributed by atoms with E-state index in [1.165, 1.54) is 4.90 Å². The van der Waals surface area contributed by atoms with Crippen LogP contribution in [-0.4, -0.2) is 41.9 Å². The van der Waals surface area contributed by atoms with Gasteiger partial charge in [0.05, 0.1) is 6.54 Å². The van der Waals surface area contributed by atoms with Crippen molar-refractivity contribution in [3.8, 4) is 5.75 Å². The van der Waals surface area contributed by atoms with Gasteiger partial charge in [-0.25, -0.2) is 0 Å². The summed E-state index contributed by atoms with van der Waals surface area (Å²) < 4.78 is 37.2. The fourth-order valence-electron chi connectivity index (χ4n) is 2.86. The Kier molecular flexibility index (Phi) is 5.11. The number of benzene rings is 1. The van der Waals surface area contributed by atoms with Gasteiger partial charge < -0.3 is 10.4 Å². The quantitative estimate of drug-likeness (QED) is 0.877. The first-order chi connectivity index (χ1) is 9.89. The summed E-state index contributed by atoms with van der Waals surface area (Å²) >= 11 is 0. The molecule has 1 fully saturated rings. The average Bonchev–Trinajstić information content (AvgIpc) is 2.82. The van der Waals surface area contributed by atoms with Crippen LogP contribution in [0.25, 0.3) is 0 Å². The molecule has 0 bridgehead atoms. The summed E-state index contributed by atoms with van der Waals surface area (Å²) in [6, 6.07) is 7.07. The highest BCUT2D eigenvalue weighted by Crippen LogP contribution is 2.28. The fourth-order valence-corrected chi connectivity index (χ4v) is 2.86. The van der Waals surface area contributed by atoms with E-state index in [1.54, 1.807) is 12.1 Å². The first-order valence-electron chi connectivity index (χ1n) is 7.22. The molecule has 0 spiro atoms. The summed E-state index contributed by atoms with van der Waals surface area (Å²) in [6.07, 6.45) is -2.68. The first-order valence-corrected chi connectivity index (χ1v) is 7.22. The van der Waals surface area contributed by atoms with Gasteiger partial charge in [0.25, 0.3) is 0 Å². The van der Waals surface area contributed by atoms with Crippen LogP contribution in [0.4, 0.5) is 13.2 Å². The van der Waals surface area contributed by atoms with E-state index in [-0.39, 0.29) is 17.8 Å². The van der Waals surface area contributed by atoms with Gasteiger partial charge in [0, 0.05) is 30.7 Å². The second-order valence-electron chi connectivity index (χ2n) is 5.52. The largest absolute Gasteiger partial charge is 0.508 e. The van der Waals surface area contributed by atoms with Gasteiger partial charge in [0.2, 0.25) is 0 Å². The molecule has 1 aromatic rings. The first kappa shape index (κ1) is 16.1. The van der Waals surface area contributed by atoms with E-state index in [2.05, 4.69) is 5.32 Å². The molecule has 0 aliphatic carbocycles. The number of para-hydroxylation sites is 1. The van der Waals surface area contributed by atoms with E-state index in [0.29, 0.717) is 19.5 Å². The van der Waals surface area contributed by atoms with E-state index in [4.69, 9.17) is 0 Å². The minimum Gasteiger partial charge on any atom is -0.508 e. The third-order valence-electron chi connectivity index (χ3n) is 3.83. The van der Waals surface area contributed by atoms with Crippen LogP contribution >= 0.6 is 0 Å². The maximum atomic E-state index is 12.4. The van der Waals surface area contributed by atoms with Crippen molar-refractivity contribution in [3.63, 3.8) is 0 Å². The summed E-state index contributed by atoms with van der Waals surface area (Å²) in [6.45, 7) is 1.99. The predicted molar refractivity (Wildman–Crippen MR) is 75.2 cm³/mol. The number of alkyl halides is 3. The van der Waals surface area contributed by atoms with Crippen molar-refractivity contribution >= 4 is 0 Å². The van der Waals surface area contributed by atoms with Crippen molar-refractivity contribution in [1.82, 2.24) is 10.2 Å². The van der Waals surface area contributed by atoms with Gasteiger partial charge in [-0.3, -0.25) is 4.90 Å². The van der Waals surface area contributed by atoms with Crippen LogP contribution in [0.3, 0.4) is 0 Å². The Hall–Kier alpha value is -1.27. The standard InChI is InChI=1S/C15H21F3N2O/c1-2-13(12-5-3-4-6-14(12)21)19-11-7-8-20(9-11)10-15(16,17)18/h3-6,11,13,19,21H,2,7-10H2,1H3/t11-,13+/m1/s1. The molecule has 0 radical (unpaired) electrons. The van der Waals surface area contributed by atoms with Gasteiger partial charge >= 0.3 is 6.18 Å². The minimum atomic E-state index is -4.14. The maximum Gasteiger partial charge on any atom is 0.401 e. The number of likely N-dealkylation sites (tertiary alicyclic amines) is 1. The summed E-state index contributed by atoms with van der Waals surface area (Å²) in [7, 11) is 0. The lowest BCUT2D eigenvalue weighted by Gasteiger charge is -2.23. The van der Waals surface area contributed by atoms with Gasteiger partial charge in [-0.1, -0.05) is 25.1 Å². The number of hydrogen-bond donors (Lipinski definition) is 2. The molecule has 2 rings (SSSR count). The normalized spacial score (nSPS) is 21.6. The number of phenols is 1. The van der Waals surface area contributed by atoms with Crippen molar-refractivity contribution in [2.75, 3.05) is 19.6 Å². The zero-order valence-electron chi connectivity index (χ0n) is 12.0. The number of halogens is 3. The second-order valence-corrected chi connectivity index (χ2v) is 5.52. The van der Waals surface area contributed by atoms with Gasteiger partial charge in [0.1, 0.15) is 5.75 Å². The Morgan fingerprint density at radius 3 is 2.71 bits per heavy atom. The molecule has 1 saturated heterocycles. The van der Waals surface area contributed by atoms with E-state index in [9.17, 15) is 18.3 Å². The van der Waals surface area contributed by atoms with Gasteiger partial charge in [0.15, 0.2) is 0 Å². The molecule has 118 valence electrons. The molecule has 2 atom stereocenters. The molecular formula is C15H21F3N2O. The number of hydrogen-bond acceptors (Lipinski definition) is 3. The maximum absolute atomic E-state index is 12.4. The highest BCUT2D eigenvalue weighted by molar-refractivity contribution is 5.34. The van der Waals surface area contributed by atoms with Crippen molar-refractivity contribution in [2.45, 2.75) is 38.0 Å². The number of nitrogens with one attached hydrogen (secondary N) is 1. The van der Waals surface area contributed by atoms with Crippen LogP contribution in [0, 0.1) is 0 Å². The fraction of sp³-hybridized carbons (Fsp3) is 0.600. The molecule has 1 aliphatic rings. The average molecular weight is 302 g/mol. The van der Waals surface area contributed by atoms with E-state index in [1.807, 2.05) is 19.1 Å². The topological polar surface area (TPSA) is 35.5 Å². The summed E-state index contributed by atoms with van der Waals surface area (Å²) in [5.41, 5.74) is 0.800. The second kappa shape index (κ2) is 6.66. The Morgan fingerprint density at radius 1 is 1.38 bits per heavy atom. The monoisotopic (exact) mass is 302 g/mol. The van der Waals surface area contributed by atoms with Crippen LogP contribution in [0.15, 0.2) is 24.3 Å². The zero-order chi connectivity index (χ0) is 15.5. The summed E-state index contributed by atoms with van der Waals surface area (Å²) in [5, 5.41) is 13.3. The van der Waals surface area contributed by atoms with Crippen molar-refractivity contribution in [3.05, 3.63) is 29.8 Å².